The molecule has 8 heteroatoms. The maximum Gasteiger partial charge on any atom is 0.269 e. The smallest absolute Gasteiger partial charge is 0.269 e. The van der Waals surface area contributed by atoms with Crippen molar-refractivity contribution in [2.24, 2.45) is 5.41 Å². The molecule has 30 heavy (non-hydrogen) atoms. The Morgan fingerprint density at radius 2 is 2.03 bits per heavy atom. The summed E-state index contributed by atoms with van der Waals surface area (Å²) in [5.74, 6) is 0.873. The molecule has 1 spiro atoms. The molecule has 0 aliphatic carbocycles. The number of ether oxygens (including phenoxy) is 1. The molecule has 2 unspecified atom stereocenters. The average molecular weight is 417 g/mol. The number of carbonyl (C=O) groups is 1. The van der Waals surface area contributed by atoms with Gasteiger partial charge < -0.3 is 20.3 Å². The van der Waals surface area contributed by atoms with Crippen molar-refractivity contribution in [1.29, 1.82) is 0 Å². The van der Waals surface area contributed by atoms with Crippen LogP contribution in [-0.4, -0.2) is 60.6 Å². The van der Waals surface area contributed by atoms with Crippen LogP contribution in [0.3, 0.4) is 0 Å². The summed E-state index contributed by atoms with van der Waals surface area (Å²) in [6.45, 7) is 4.59. The molecule has 164 valence electrons. The van der Waals surface area contributed by atoms with Crippen LogP contribution in [0.2, 0.25) is 0 Å². The Kier molecular flexibility index (Phi) is 6.53. The Bertz CT molecular complexity index is 740. The highest BCUT2D eigenvalue weighted by molar-refractivity contribution is 5.79. The minimum atomic E-state index is -0.398. The number of hydrogen-bond acceptors (Lipinski definition) is 6. The minimum absolute atomic E-state index is 0.0784. The Hall–Kier alpha value is -2.19. The van der Waals surface area contributed by atoms with E-state index in [9.17, 15) is 14.9 Å². The SMILES string of the molecule is O=C1CC2(CCN(C(CCOc3ccc([N+](=O)[O-])cc3)CC3CCCN3)CC2)CN1. The third kappa shape index (κ3) is 5.10. The summed E-state index contributed by atoms with van der Waals surface area (Å²) in [5, 5.41) is 17.4. The van der Waals surface area contributed by atoms with Gasteiger partial charge in [-0.2, -0.15) is 0 Å². The van der Waals surface area contributed by atoms with Gasteiger partial charge in [0.25, 0.3) is 5.69 Å². The predicted octanol–water partition coefficient (Wildman–Crippen LogP) is 2.48. The number of rotatable bonds is 8. The second kappa shape index (κ2) is 9.31. The molecule has 3 fully saturated rings. The van der Waals surface area contributed by atoms with E-state index in [2.05, 4.69) is 15.5 Å². The van der Waals surface area contributed by atoms with E-state index in [1.165, 1.54) is 25.0 Å². The number of amides is 1. The molecule has 3 heterocycles. The number of hydrogen-bond donors (Lipinski definition) is 2. The van der Waals surface area contributed by atoms with Gasteiger partial charge in [-0.3, -0.25) is 14.9 Å². The summed E-state index contributed by atoms with van der Waals surface area (Å²) in [5.41, 5.74) is 0.244. The van der Waals surface area contributed by atoms with Crippen LogP contribution in [-0.2, 0) is 4.79 Å². The molecule has 4 rings (SSSR count). The summed E-state index contributed by atoms with van der Waals surface area (Å²) >= 11 is 0. The molecule has 0 saturated carbocycles. The summed E-state index contributed by atoms with van der Waals surface area (Å²) in [7, 11) is 0. The zero-order chi connectivity index (χ0) is 21.0. The Balaban J connectivity index is 1.31. The highest BCUT2D eigenvalue weighted by Gasteiger charge is 2.42. The van der Waals surface area contributed by atoms with Gasteiger partial charge in [-0.15, -0.1) is 0 Å². The highest BCUT2D eigenvalue weighted by Crippen LogP contribution is 2.38. The van der Waals surface area contributed by atoms with Crippen LogP contribution in [0.4, 0.5) is 5.69 Å². The van der Waals surface area contributed by atoms with E-state index >= 15 is 0 Å². The normalized spacial score (nSPS) is 24.7. The van der Waals surface area contributed by atoms with E-state index in [1.54, 1.807) is 12.1 Å². The molecule has 2 N–H and O–H groups in total. The van der Waals surface area contributed by atoms with Crippen LogP contribution in [0.1, 0.15) is 44.9 Å². The highest BCUT2D eigenvalue weighted by atomic mass is 16.6. The van der Waals surface area contributed by atoms with Crippen molar-refractivity contribution in [3.63, 3.8) is 0 Å². The quantitative estimate of drug-likeness (QED) is 0.499. The van der Waals surface area contributed by atoms with Crippen LogP contribution in [0.15, 0.2) is 24.3 Å². The van der Waals surface area contributed by atoms with Gasteiger partial charge in [0, 0.05) is 37.2 Å². The van der Waals surface area contributed by atoms with Crippen molar-refractivity contribution in [2.75, 3.05) is 32.8 Å². The first-order valence-electron chi connectivity index (χ1n) is 11.1. The van der Waals surface area contributed by atoms with Crippen molar-refractivity contribution >= 4 is 11.6 Å². The fraction of sp³-hybridized carbons (Fsp3) is 0.682. The van der Waals surface area contributed by atoms with Crippen LogP contribution in [0, 0.1) is 15.5 Å². The predicted molar refractivity (Wildman–Crippen MR) is 114 cm³/mol. The lowest BCUT2D eigenvalue weighted by Gasteiger charge is -2.42. The first kappa shape index (κ1) is 21.1. The first-order valence-corrected chi connectivity index (χ1v) is 11.1. The second-order valence-corrected chi connectivity index (χ2v) is 9.06. The molecular weight excluding hydrogens is 384 g/mol. The van der Waals surface area contributed by atoms with E-state index in [0.717, 1.165) is 51.9 Å². The molecule has 0 bridgehead atoms. The number of nitro benzene ring substituents is 1. The monoisotopic (exact) mass is 416 g/mol. The van der Waals surface area contributed by atoms with Gasteiger partial charge in [0.2, 0.25) is 5.91 Å². The lowest BCUT2D eigenvalue weighted by molar-refractivity contribution is -0.384. The van der Waals surface area contributed by atoms with Gasteiger partial charge in [0.15, 0.2) is 0 Å². The molecular formula is C22H32N4O4. The van der Waals surface area contributed by atoms with E-state index in [4.69, 9.17) is 4.74 Å². The third-order valence-electron chi connectivity index (χ3n) is 7.06. The van der Waals surface area contributed by atoms with E-state index in [0.29, 0.717) is 30.9 Å². The van der Waals surface area contributed by atoms with Crippen LogP contribution in [0.5, 0.6) is 5.75 Å². The summed E-state index contributed by atoms with van der Waals surface area (Å²) in [4.78, 5) is 24.7. The van der Waals surface area contributed by atoms with Crippen molar-refractivity contribution < 1.29 is 14.5 Å². The molecule has 1 amide bonds. The topological polar surface area (TPSA) is 96.7 Å². The van der Waals surface area contributed by atoms with Crippen LogP contribution in [0.25, 0.3) is 0 Å². The Labute approximate surface area is 177 Å². The van der Waals surface area contributed by atoms with Crippen molar-refractivity contribution in [3.05, 3.63) is 34.4 Å². The maximum atomic E-state index is 11.7. The zero-order valence-electron chi connectivity index (χ0n) is 17.5. The standard InChI is InChI=1S/C22H32N4O4/c27-21-15-22(16-24-21)8-11-25(12-9-22)19(14-17-2-1-10-23-17)7-13-30-20-5-3-18(4-6-20)26(28)29/h3-6,17,19,23H,1-2,7-16H2,(H,24,27). The number of carbonyl (C=O) groups excluding carboxylic acids is 1. The van der Waals surface area contributed by atoms with Gasteiger partial charge in [-0.1, -0.05) is 0 Å². The lowest BCUT2D eigenvalue weighted by atomic mass is 9.77. The van der Waals surface area contributed by atoms with Crippen molar-refractivity contribution in [2.45, 2.75) is 57.0 Å². The van der Waals surface area contributed by atoms with E-state index in [-0.39, 0.29) is 17.0 Å². The molecule has 2 atom stereocenters. The second-order valence-electron chi connectivity index (χ2n) is 9.06. The third-order valence-corrected chi connectivity index (χ3v) is 7.06. The van der Waals surface area contributed by atoms with Gasteiger partial charge in [0.05, 0.1) is 11.5 Å². The van der Waals surface area contributed by atoms with Crippen LogP contribution < -0.4 is 15.4 Å². The number of nitrogens with zero attached hydrogens (tertiary/aromatic N) is 2. The van der Waals surface area contributed by atoms with Crippen molar-refractivity contribution in [3.8, 4) is 5.75 Å². The van der Waals surface area contributed by atoms with Crippen LogP contribution >= 0.6 is 0 Å². The number of nitrogens with one attached hydrogen (secondary N) is 2. The number of nitro groups is 1. The number of non-ortho nitro benzene ring substituents is 1. The summed E-state index contributed by atoms with van der Waals surface area (Å²) in [6.07, 6.45) is 7.35. The average Bonchev–Trinajstić information content (AvgIpc) is 3.38. The maximum absolute atomic E-state index is 11.7. The molecule has 3 saturated heterocycles. The molecule has 3 aliphatic rings. The Morgan fingerprint density at radius 3 is 2.63 bits per heavy atom. The molecule has 1 aromatic carbocycles. The van der Waals surface area contributed by atoms with Gasteiger partial charge in [0.1, 0.15) is 5.75 Å². The summed E-state index contributed by atoms with van der Waals surface area (Å²) < 4.78 is 5.91. The fourth-order valence-corrected chi connectivity index (χ4v) is 5.18. The number of benzene rings is 1. The molecule has 0 aromatic heterocycles. The van der Waals surface area contributed by atoms with E-state index in [1.807, 2.05) is 0 Å². The molecule has 3 aliphatic heterocycles. The first-order chi connectivity index (χ1) is 14.5. The Morgan fingerprint density at radius 1 is 1.27 bits per heavy atom. The molecule has 1 aromatic rings. The van der Waals surface area contributed by atoms with Gasteiger partial charge in [-0.05, 0) is 75.7 Å². The zero-order valence-corrected chi connectivity index (χ0v) is 17.5. The largest absolute Gasteiger partial charge is 0.494 e. The van der Waals surface area contributed by atoms with Gasteiger partial charge >= 0.3 is 0 Å². The fourth-order valence-electron chi connectivity index (χ4n) is 5.18. The lowest BCUT2D eigenvalue weighted by Crippen LogP contribution is -2.48. The molecule has 0 radical (unpaired) electrons. The van der Waals surface area contributed by atoms with Crippen molar-refractivity contribution in [1.82, 2.24) is 15.5 Å². The molecule has 8 nitrogen and oxygen atoms in total. The number of piperidine rings is 1. The summed E-state index contributed by atoms with van der Waals surface area (Å²) in [6, 6.07) is 7.31. The van der Waals surface area contributed by atoms with E-state index < -0.39 is 4.92 Å². The minimum Gasteiger partial charge on any atom is -0.494 e. The van der Waals surface area contributed by atoms with Gasteiger partial charge in [-0.25, -0.2) is 0 Å². The number of likely N-dealkylation sites (tertiary alicyclic amines) is 1.